The molecule has 2 nitrogen and oxygen atoms in total. The summed E-state index contributed by atoms with van der Waals surface area (Å²) in [4.78, 5) is 3.86. The van der Waals surface area contributed by atoms with Gasteiger partial charge in [0.2, 0.25) is 0 Å². The molecule has 1 N–H and O–H groups in total. The minimum atomic E-state index is -0.207. The van der Waals surface area contributed by atoms with Crippen molar-refractivity contribution in [1.29, 1.82) is 0 Å². The minimum absolute atomic E-state index is 0.207. The van der Waals surface area contributed by atoms with Crippen LogP contribution in [0.4, 0.5) is 0 Å². The third-order valence-corrected chi connectivity index (χ3v) is 4.38. The lowest BCUT2D eigenvalue weighted by atomic mass is 9.91. The highest BCUT2D eigenvalue weighted by Crippen LogP contribution is 2.37. The zero-order valence-electron chi connectivity index (χ0n) is 8.15. The summed E-state index contributed by atoms with van der Waals surface area (Å²) >= 11 is 1.79. The smallest absolute Gasteiger partial charge is 0.0841 e. The minimum Gasteiger partial charge on any atom is -0.388 e. The molecule has 0 amide bonds. The molecule has 1 saturated heterocycles. The van der Waals surface area contributed by atoms with Gasteiger partial charge in [-0.05, 0) is 36.4 Å². The lowest BCUT2D eigenvalue weighted by molar-refractivity contribution is 0.0590. The van der Waals surface area contributed by atoms with Crippen molar-refractivity contribution in [3.8, 4) is 0 Å². The van der Waals surface area contributed by atoms with E-state index in [2.05, 4.69) is 16.3 Å². The topological polar surface area (TPSA) is 23.5 Å². The van der Waals surface area contributed by atoms with Crippen LogP contribution in [0.1, 0.15) is 29.4 Å². The Balaban J connectivity index is 2.01. The molecule has 0 radical (unpaired) electrons. The molecule has 1 aromatic heterocycles. The third kappa shape index (κ3) is 1.31. The van der Waals surface area contributed by atoms with Gasteiger partial charge in [-0.1, -0.05) is 0 Å². The number of aliphatic hydroxyl groups is 1. The van der Waals surface area contributed by atoms with Gasteiger partial charge in [0.1, 0.15) is 0 Å². The largest absolute Gasteiger partial charge is 0.388 e. The first-order valence-electron chi connectivity index (χ1n) is 5.31. The molecule has 3 heterocycles. The first-order chi connectivity index (χ1) is 6.84. The van der Waals surface area contributed by atoms with Crippen LogP contribution in [0.2, 0.25) is 0 Å². The Kier molecular flexibility index (Phi) is 2.11. The van der Waals surface area contributed by atoms with Crippen LogP contribution >= 0.6 is 11.3 Å². The van der Waals surface area contributed by atoms with Crippen LogP contribution in [0.3, 0.4) is 0 Å². The van der Waals surface area contributed by atoms with E-state index >= 15 is 0 Å². The SMILES string of the molecule is O[C@H]1c2ccsc2CN2CCC[C@H]1C2. The standard InChI is InChI=1S/C11H15NOS/c13-11-8-2-1-4-12(6-8)7-10-9(11)3-5-14-10/h3,5,8,11,13H,1-2,4,6-7H2/t8-,11+/m0/s1. The average molecular weight is 209 g/mol. The summed E-state index contributed by atoms with van der Waals surface area (Å²) in [7, 11) is 0. The second-order valence-electron chi connectivity index (χ2n) is 4.38. The zero-order valence-corrected chi connectivity index (χ0v) is 8.96. The molecule has 3 rings (SSSR count). The fourth-order valence-electron chi connectivity index (χ4n) is 2.69. The lowest BCUT2D eigenvalue weighted by Crippen LogP contribution is -2.34. The molecular formula is C11H15NOS. The summed E-state index contributed by atoms with van der Waals surface area (Å²) in [5, 5.41) is 12.3. The fraction of sp³-hybridized carbons (Fsp3) is 0.636. The molecule has 3 heteroatoms. The van der Waals surface area contributed by atoms with Gasteiger partial charge in [0, 0.05) is 23.9 Å². The van der Waals surface area contributed by atoms with E-state index in [-0.39, 0.29) is 6.10 Å². The molecular weight excluding hydrogens is 194 g/mol. The number of rotatable bonds is 0. The third-order valence-electron chi connectivity index (χ3n) is 3.45. The molecule has 0 spiro atoms. The highest BCUT2D eigenvalue weighted by molar-refractivity contribution is 7.10. The van der Waals surface area contributed by atoms with Crippen molar-refractivity contribution in [3.63, 3.8) is 0 Å². The van der Waals surface area contributed by atoms with Crippen molar-refractivity contribution in [1.82, 2.24) is 4.90 Å². The van der Waals surface area contributed by atoms with E-state index in [1.54, 1.807) is 11.3 Å². The number of piperidine rings is 1. The molecule has 14 heavy (non-hydrogen) atoms. The highest BCUT2D eigenvalue weighted by Gasteiger charge is 2.32. The van der Waals surface area contributed by atoms with Gasteiger partial charge in [0.25, 0.3) is 0 Å². The summed E-state index contributed by atoms with van der Waals surface area (Å²) in [5.74, 6) is 0.472. The van der Waals surface area contributed by atoms with E-state index in [0.717, 1.165) is 13.1 Å². The number of hydrogen-bond donors (Lipinski definition) is 1. The Hall–Kier alpha value is -0.380. The first-order valence-corrected chi connectivity index (χ1v) is 6.19. The summed E-state index contributed by atoms with van der Waals surface area (Å²) in [6.07, 6.45) is 2.23. The molecule has 1 fully saturated rings. The number of thiophene rings is 1. The van der Waals surface area contributed by atoms with E-state index in [9.17, 15) is 5.11 Å². The predicted octanol–water partition coefficient (Wildman–Crippen LogP) is 2.01. The van der Waals surface area contributed by atoms with Crippen LogP contribution in [0.25, 0.3) is 0 Å². The van der Waals surface area contributed by atoms with E-state index in [4.69, 9.17) is 0 Å². The average Bonchev–Trinajstić information content (AvgIpc) is 2.62. The summed E-state index contributed by atoms with van der Waals surface area (Å²) in [6.45, 7) is 3.35. The molecule has 0 saturated carbocycles. The number of fused-ring (bicyclic) bond motifs is 3. The normalized spacial score (nSPS) is 36.2. The molecule has 1 unspecified atom stereocenters. The molecule has 0 aromatic carbocycles. The molecule has 76 valence electrons. The van der Waals surface area contributed by atoms with Crippen molar-refractivity contribution in [3.05, 3.63) is 21.9 Å². The van der Waals surface area contributed by atoms with Gasteiger partial charge >= 0.3 is 0 Å². The van der Waals surface area contributed by atoms with Crippen LogP contribution < -0.4 is 0 Å². The molecule has 2 bridgehead atoms. The first kappa shape index (κ1) is 8.89. The monoisotopic (exact) mass is 209 g/mol. The Labute approximate surface area is 88.2 Å². The summed E-state index contributed by atoms with van der Waals surface area (Å²) in [5.41, 5.74) is 1.20. The summed E-state index contributed by atoms with van der Waals surface area (Å²) in [6, 6.07) is 2.10. The summed E-state index contributed by atoms with van der Waals surface area (Å²) < 4.78 is 0. The van der Waals surface area contributed by atoms with E-state index in [1.165, 1.54) is 29.8 Å². The van der Waals surface area contributed by atoms with Gasteiger partial charge in [-0.2, -0.15) is 0 Å². The molecule has 2 aliphatic heterocycles. The lowest BCUT2D eigenvalue weighted by Gasteiger charge is -2.31. The van der Waals surface area contributed by atoms with Gasteiger partial charge in [0.15, 0.2) is 0 Å². The van der Waals surface area contributed by atoms with Crippen LogP contribution in [0.5, 0.6) is 0 Å². The number of aliphatic hydroxyl groups excluding tert-OH is 1. The quantitative estimate of drug-likeness (QED) is 0.706. The van der Waals surface area contributed by atoms with Gasteiger partial charge in [-0.3, -0.25) is 4.90 Å². The highest BCUT2D eigenvalue weighted by atomic mass is 32.1. The maximum absolute atomic E-state index is 10.2. The van der Waals surface area contributed by atoms with Crippen molar-refractivity contribution in [2.45, 2.75) is 25.5 Å². The van der Waals surface area contributed by atoms with Crippen molar-refractivity contribution in [2.24, 2.45) is 5.92 Å². The maximum atomic E-state index is 10.2. The Morgan fingerprint density at radius 2 is 2.43 bits per heavy atom. The Morgan fingerprint density at radius 1 is 1.50 bits per heavy atom. The van der Waals surface area contributed by atoms with Crippen molar-refractivity contribution >= 4 is 11.3 Å². The predicted molar refractivity (Wildman–Crippen MR) is 57.3 cm³/mol. The van der Waals surface area contributed by atoms with E-state index < -0.39 is 0 Å². The van der Waals surface area contributed by atoms with Gasteiger partial charge in [-0.25, -0.2) is 0 Å². The van der Waals surface area contributed by atoms with Crippen LogP contribution in [-0.4, -0.2) is 23.1 Å². The van der Waals surface area contributed by atoms with Crippen molar-refractivity contribution < 1.29 is 5.11 Å². The van der Waals surface area contributed by atoms with Gasteiger partial charge in [0.05, 0.1) is 6.10 Å². The molecule has 0 aliphatic carbocycles. The maximum Gasteiger partial charge on any atom is 0.0841 e. The van der Waals surface area contributed by atoms with Crippen molar-refractivity contribution in [2.75, 3.05) is 13.1 Å². The molecule has 1 aromatic rings. The van der Waals surface area contributed by atoms with E-state index in [1.807, 2.05) is 0 Å². The fourth-order valence-corrected chi connectivity index (χ4v) is 3.65. The van der Waals surface area contributed by atoms with Gasteiger partial charge < -0.3 is 5.11 Å². The number of nitrogens with zero attached hydrogens (tertiary/aromatic N) is 1. The molecule has 3 atom stereocenters. The Morgan fingerprint density at radius 3 is 3.36 bits per heavy atom. The van der Waals surface area contributed by atoms with Gasteiger partial charge in [-0.15, -0.1) is 11.3 Å². The second kappa shape index (κ2) is 3.33. The van der Waals surface area contributed by atoms with Crippen LogP contribution in [0, 0.1) is 5.92 Å². The number of hydrogen-bond acceptors (Lipinski definition) is 3. The molecule has 2 aliphatic rings. The van der Waals surface area contributed by atoms with E-state index in [0.29, 0.717) is 5.92 Å². The van der Waals surface area contributed by atoms with Crippen LogP contribution in [-0.2, 0) is 6.54 Å². The Bertz CT molecular complexity index is 336. The zero-order chi connectivity index (χ0) is 9.54. The second-order valence-corrected chi connectivity index (χ2v) is 5.38. The van der Waals surface area contributed by atoms with Crippen LogP contribution in [0.15, 0.2) is 11.4 Å².